The normalized spacial score (nSPS) is 18.0. The summed E-state index contributed by atoms with van der Waals surface area (Å²) in [7, 11) is -3.65. The van der Waals surface area contributed by atoms with Crippen molar-refractivity contribution in [3.63, 3.8) is 0 Å². The molecular weight excluding hydrogens is 228 g/mol. The van der Waals surface area contributed by atoms with Gasteiger partial charge in [-0.25, -0.2) is 13.4 Å². The maximum atomic E-state index is 11.8. The summed E-state index contributed by atoms with van der Waals surface area (Å²) in [5.41, 5.74) is 0. The van der Waals surface area contributed by atoms with E-state index in [1.807, 2.05) is 6.07 Å². The molecule has 0 radical (unpaired) electrons. The summed E-state index contributed by atoms with van der Waals surface area (Å²) < 4.78 is 26.0. The smallest absolute Gasteiger partial charge is 0.258 e. The second kappa shape index (κ2) is 3.88. The molecule has 0 saturated heterocycles. The van der Waals surface area contributed by atoms with E-state index in [-0.39, 0.29) is 10.9 Å². The number of hydrogen-bond donors (Lipinski definition) is 2. The molecular formula is C9H12N4O2S. The number of H-pyrrole nitrogens is 1. The first-order chi connectivity index (χ1) is 7.53. The maximum absolute atomic E-state index is 11.8. The molecule has 1 aliphatic rings. The lowest BCUT2D eigenvalue weighted by Gasteiger charge is -2.09. The Balaban J connectivity index is 2.17. The van der Waals surface area contributed by atoms with Gasteiger partial charge in [-0.1, -0.05) is 0 Å². The fourth-order valence-electron chi connectivity index (χ4n) is 1.42. The summed E-state index contributed by atoms with van der Waals surface area (Å²) in [6.07, 6.45) is 3.06. The Bertz CT molecular complexity index is 524. The third-order valence-corrected chi connectivity index (χ3v) is 3.83. The van der Waals surface area contributed by atoms with E-state index < -0.39 is 16.1 Å². The van der Waals surface area contributed by atoms with Gasteiger partial charge in [-0.2, -0.15) is 9.98 Å². The molecule has 1 unspecified atom stereocenters. The molecule has 86 valence electrons. The average Bonchev–Trinajstić information content (AvgIpc) is 2.97. The second-order valence-electron chi connectivity index (χ2n) is 3.90. The Labute approximate surface area is 93.7 Å². The number of nitrogens with zero attached hydrogens (tertiary/aromatic N) is 2. The van der Waals surface area contributed by atoms with E-state index in [0.29, 0.717) is 5.82 Å². The average molecular weight is 240 g/mol. The van der Waals surface area contributed by atoms with Crippen LogP contribution in [0.15, 0.2) is 11.2 Å². The van der Waals surface area contributed by atoms with Crippen LogP contribution < -0.4 is 4.72 Å². The zero-order valence-corrected chi connectivity index (χ0v) is 9.58. The first-order valence-electron chi connectivity index (χ1n) is 4.96. The lowest BCUT2D eigenvalue weighted by atomic mass is 10.2. The van der Waals surface area contributed by atoms with E-state index in [2.05, 4.69) is 14.7 Å². The minimum Gasteiger partial charge on any atom is -0.332 e. The largest absolute Gasteiger partial charge is 0.332 e. The molecule has 1 heterocycles. The molecule has 0 spiro atoms. The van der Waals surface area contributed by atoms with Gasteiger partial charge in [-0.05, 0) is 25.7 Å². The van der Waals surface area contributed by atoms with E-state index in [1.165, 1.54) is 6.20 Å². The standard InChI is InChI=1S/C9H12N4O2S/c1-6-11-5-9(12-6)16(14,15)13-8(4-10)7-2-3-7/h5,7-8,13H,2-3H2,1H3,(H,11,12). The number of nitrogens with one attached hydrogen (secondary N) is 2. The molecule has 6 nitrogen and oxygen atoms in total. The summed E-state index contributed by atoms with van der Waals surface area (Å²) in [5, 5.41) is 8.85. The molecule has 7 heteroatoms. The van der Waals surface area contributed by atoms with Crippen molar-refractivity contribution in [3.05, 3.63) is 12.0 Å². The molecule has 1 saturated carbocycles. The van der Waals surface area contributed by atoms with Crippen molar-refractivity contribution in [2.24, 2.45) is 5.92 Å². The van der Waals surface area contributed by atoms with Gasteiger partial charge in [0.2, 0.25) is 0 Å². The van der Waals surface area contributed by atoms with Crippen LogP contribution in [0.2, 0.25) is 0 Å². The van der Waals surface area contributed by atoms with Crippen molar-refractivity contribution in [3.8, 4) is 6.07 Å². The zero-order valence-electron chi connectivity index (χ0n) is 8.77. The highest BCUT2D eigenvalue weighted by Crippen LogP contribution is 2.32. The van der Waals surface area contributed by atoms with E-state index in [1.54, 1.807) is 6.92 Å². The number of aromatic nitrogens is 2. The predicted octanol–water partition coefficient (Wildman–Crippen LogP) is 0.299. The van der Waals surface area contributed by atoms with Crippen molar-refractivity contribution >= 4 is 10.0 Å². The summed E-state index contributed by atoms with van der Waals surface area (Å²) in [6.45, 7) is 1.67. The van der Waals surface area contributed by atoms with Gasteiger partial charge < -0.3 is 4.98 Å². The molecule has 0 aliphatic heterocycles. The van der Waals surface area contributed by atoms with Crippen molar-refractivity contribution in [2.45, 2.75) is 30.8 Å². The summed E-state index contributed by atoms with van der Waals surface area (Å²) >= 11 is 0. The molecule has 0 bridgehead atoms. The Morgan fingerprint density at radius 2 is 2.38 bits per heavy atom. The molecule has 1 aromatic heterocycles. The summed E-state index contributed by atoms with van der Waals surface area (Å²) in [6, 6.07) is 1.34. The molecule has 0 amide bonds. The van der Waals surface area contributed by atoms with E-state index in [4.69, 9.17) is 5.26 Å². The minimum absolute atomic E-state index is 0.00546. The van der Waals surface area contributed by atoms with Gasteiger partial charge in [0.05, 0.1) is 12.3 Å². The Hall–Kier alpha value is -1.39. The monoisotopic (exact) mass is 240 g/mol. The van der Waals surface area contributed by atoms with Crippen LogP contribution >= 0.6 is 0 Å². The summed E-state index contributed by atoms with van der Waals surface area (Å²) in [4.78, 5) is 6.45. The topological polar surface area (TPSA) is 98.6 Å². The first-order valence-corrected chi connectivity index (χ1v) is 6.45. The molecule has 1 aliphatic carbocycles. The van der Waals surface area contributed by atoms with E-state index in [0.717, 1.165) is 12.8 Å². The van der Waals surface area contributed by atoms with Gasteiger partial charge in [0, 0.05) is 0 Å². The number of aryl methyl sites for hydroxylation is 1. The highest BCUT2D eigenvalue weighted by atomic mass is 32.2. The van der Waals surface area contributed by atoms with Gasteiger partial charge in [0.1, 0.15) is 11.9 Å². The lowest BCUT2D eigenvalue weighted by molar-refractivity contribution is 0.557. The number of aromatic amines is 1. The zero-order chi connectivity index (χ0) is 11.8. The fraction of sp³-hybridized carbons (Fsp3) is 0.556. The molecule has 1 atom stereocenters. The van der Waals surface area contributed by atoms with E-state index in [9.17, 15) is 8.42 Å². The molecule has 16 heavy (non-hydrogen) atoms. The number of nitriles is 1. The van der Waals surface area contributed by atoms with Crippen LogP contribution in [0, 0.1) is 24.2 Å². The van der Waals surface area contributed by atoms with Crippen LogP contribution in [0.1, 0.15) is 18.7 Å². The third kappa shape index (κ3) is 2.23. The van der Waals surface area contributed by atoms with Crippen LogP contribution in [0.25, 0.3) is 0 Å². The number of hydrogen-bond acceptors (Lipinski definition) is 4. The Morgan fingerprint density at radius 1 is 1.69 bits per heavy atom. The predicted molar refractivity (Wildman–Crippen MR) is 55.8 cm³/mol. The highest BCUT2D eigenvalue weighted by molar-refractivity contribution is 7.89. The number of sulfonamides is 1. The third-order valence-electron chi connectivity index (χ3n) is 2.48. The van der Waals surface area contributed by atoms with Crippen molar-refractivity contribution < 1.29 is 8.42 Å². The quantitative estimate of drug-likeness (QED) is 0.790. The number of rotatable bonds is 4. The summed E-state index contributed by atoms with van der Waals surface area (Å²) in [5.74, 6) is 0.684. The van der Waals surface area contributed by atoms with Gasteiger partial charge >= 0.3 is 0 Å². The van der Waals surface area contributed by atoms with Gasteiger partial charge in [-0.15, -0.1) is 0 Å². The van der Waals surface area contributed by atoms with Crippen LogP contribution in [-0.2, 0) is 10.0 Å². The Morgan fingerprint density at radius 3 is 2.81 bits per heavy atom. The van der Waals surface area contributed by atoms with Crippen LogP contribution in [-0.4, -0.2) is 24.4 Å². The highest BCUT2D eigenvalue weighted by Gasteiger charge is 2.34. The van der Waals surface area contributed by atoms with Crippen molar-refractivity contribution in [2.75, 3.05) is 0 Å². The molecule has 2 rings (SSSR count). The van der Waals surface area contributed by atoms with E-state index >= 15 is 0 Å². The fourth-order valence-corrected chi connectivity index (χ4v) is 2.60. The van der Waals surface area contributed by atoms with Crippen LogP contribution in [0.3, 0.4) is 0 Å². The molecule has 0 aromatic carbocycles. The first kappa shape index (κ1) is 11.1. The van der Waals surface area contributed by atoms with Gasteiger partial charge in [-0.3, -0.25) is 0 Å². The molecule has 1 fully saturated rings. The second-order valence-corrected chi connectivity index (χ2v) is 5.58. The van der Waals surface area contributed by atoms with Crippen molar-refractivity contribution in [1.82, 2.24) is 14.7 Å². The van der Waals surface area contributed by atoms with Gasteiger partial charge in [0.25, 0.3) is 10.0 Å². The minimum atomic E-state index is -3.65. The number of imidazole rings is 1. The van der Waals surface area contributed by atoms with Crippen molar-refractivity contribution in [1.29, 1.82) is 5.26 Å². The lowest BCUT2D eigenvalue weighted by Crippen LogP contribution is -2.35. The maximum Gasteiger partial charge on any atom is 0.258 e. The van der Waals surface area contributed by atoms with Crippen LogP contribution in [0.5, 0.6) is 0 Å². The van der Waals surface area contributed by atoms with Gasteiger partial charge in [0.15, 0.2) is 5.03 Å². The molecule has 2 N–H and O–H groups in total. The van der Waals surface area contributed by atoms with Crippen LogP contribution in [0.4, 0.5) is 0 Å². The Kier molecular flexibility index (Phi) is 2.69. The SMILES string of the molecule is Cc1ncc(S(=O)(=O)NC(C#N)C2CC2)[nH]1. The molecule has 1 aromatic rings.